The summed E-state index contributed by atoms with van der Waals surface area (Å²) in [6, 6.07) is 17.4. The van der Waals surface area contributed by atoms with E-state index in [1.165, 1.54) is 32.9 Å². The second kappa shape index (κ2) is 9.28. The van der Waals surface area contributed by atoms with E-state index in [1.807, 2.05) is 12.4 Å². The average molecular weight is 351 g/mol. The Morgan fingerprint density at radius 2 is 1.12 bits per heavy atom. The van der Waals surface area contributed by atoms with Gasteiger partial charge in [0.1, 0.15) is 0 Å². The summed E-state index contributed by atoms with van der Waals surface area (Å²) in [6.07, 6.45) is 3.96. The van der Waals surface area contributed by atoms with Crippen molar-refractivity contribution in [3.8, 4) is 0 Å². The first-order chi connectivity index (χ1) is 11.5. The Labute approximate surface area is 158 Å². The van der Waals surface area contributed by atoms with Crippen molar-refractivity contribution in [3.05, 3.63) is 72.1 Å². The molecular formula is C24H34N2. The van der Waals surface area contributed by atoms with Crippen LogP contribution in [0.5, 0.6) is 0 Å². The number of aromatic amines is 2. The molecule has 0 spiro atoms. The average Bonchev–Trinajstić information content (AvgIpc) is 3.22. The van der Waals surface area contributed by atoms with Crippen LogP contribution in [0.3, 0.4) is 0 Å². The highest BCUT2D eigenvalue weighted by Gasteiger charge is 2.01. The highest BCUT2D eigenvalue weighted by molar-refractivity contribution is 5.80. The molecule has 0 aliphatic carbocycles. The van der Waals surface area contributed by atoms with Gasteiger partial charge in [0.15, 0.2) is 0 Å². The standard InChI is InChI=1S/2C11H13N.2CH4/c1-8(2)9-3-4-11-10(7-9)5-6-12-11;1-8(2)10-4-3-9-5-6-12-11(9)7-10;;/h2*3-8,12H,1-2H3;2*1H4. The summed E-state index contributed by atoms with van der Waals surface area (Å²) in [7, 11) is 0. The van der Waals surface area contributed by atoms with E-state index >= 15 is 0 Å². The summed E-state index contributed by atoms with van der Waals surface area (Å²) >= 11 is 0. The highest BCUT2D eigenvalue weighted by Crippen LogP contribution is 2.20. The maximum atomic E-state index is 3.21. The molecule has 2 N–H and O–H groups in total. The summed E-state index contributed by atoms with van der Waals surface area (Å²) in [5.74, 6) is 1.22. The van der Waals surface area contributed by atoms with E-state index in [-0.39, 0.29) is 14.9 Å². The van der Waals surface area contributed by atoms with Gasteiger partial charge in [-0.1, -0.05) is 60.7 Å². The lowest BCUT2D eigenvalue weighted by Gasteiger charge is -2.03. The Morgan fingerprint density at radius 1 is 0.577 bits per heavy atom. The first kappa shape index (κ1) is 21.6. The monoisotopic (exact) mass is 350 g/mol. The number of H-pyrrole nitrogens is 2. The fraction of sp³-hybridized carbons (Fsp3) is 0.333. The summed E-state index contributed by atoms with van der Waals surface area (Å²) in [4.78, 5) is 6.40. The van der Waals surface area contributed by atoms with E-state index in [1.54, 1.807) is 0 Å². The van der Waals surface area contributed by atoms with E-state index in [4.69, 9.17) is 0 Å². The lowest BCUT2D eigenvalue weighted by atomic mass is 10.0. The van der Waals surface area contributed by atoms with E-state index < -0.39 is 0 Å². The number of aromatic nitrogens is 2. The Hall–Kier alpha value is -2.48. The van der Waals surface area contributed by atoms with Gasteiger partial charge >= 0.3 is 0 Å². The number of nitrogens with one attached hydrogen (secondary N) is 2. The number of hydrogen-bond acceptors (Lipinski definition) is 0. The smallest absolute Gasteiger partial charge is 0.0456 e. The fourth-order valence-corrected chi connectivity index (χ4v) is 2.86. The lowest BCUT2D eigenvalue weighted by molar-refractivity contribution is 0.868. The molecular weight excluding hydrogens is 316 g/mol. The van der Waals surface area contributed by atoms with E-state index in [2.05, 4.69) is 86.2 Å². The van der Waals surface area contributed by atoms with Gasteiger partial charge in [-0.3, -0.25) is 0 Å². The van der Waals surface area contributed by atoms with Crippen molar-refractivity contribution < 1.29 is 0 Å². The molecule has 2 aromatic carbocycles. The van der Waals surface area contributed by atoms with Gasteiger partial charge in [-0.15, -0.1) is 0 Å². The van der Waals surface area contributed by atoms with Gasteiger partial charge in [0.25, 0.3) is 0 Å². The highest BCUT2D eigenvalue weighted by atomic mass is 14.7. The van der Waals surface area contributed by atoms with Crippen LogP contribution in [0.2, 0.25) is 0 Å². The van der Waals surface area contributed by atoms with Crippen LogP contribution in [0.1, 0.15) is 65.5 Å². The number of hydrogen-bond donors (Lipinski definition) is 2. The van der Waals surface area contributed by atoms with Crippen LogP contribution in [-0.4, -0.2) is 9.97 Å². The molecule has 0 amide bonds. The Kier molecular flexibility index (Phi) is 7.70. The molecule has 2 heteroatoms. The zero-order valence-electron chi connectivity index (χ0n) is 14.9. The van der Waals surface area contributed by atoms with Gasteiger partial charge in [0.05, 0.1) is 0 Å². The van der Waals surface area contributed by atoms with E-state index in [0.29, 0.717) is 11.8 Å². The molecule has 2 nitrogen and oxygen atoms in total. The third kappa shape index (κ3) is 4.78. The maximum Gasteiger partial charge on any atom is 0.0456 e. The topological polar surface area (TPSA) is 31.6 Å². The first-order valence-corrected chi connectivity index (χ1v) is 8.68. The molecule has 2 aromatic heterocycles. The van der Waals surface area contributed by atoms with Crippen LogP contribution in [-0.2, 0) is 0 Å². The Morgan fingerprint density at radius 3 is 1.77 bits per heavy atom. The summed E-state index contributed by atoms with van der Waals surface area (Å²) in [5, 5.41) is 2.60. The Balaban J connectivity index is 0.000000241. The molecule has 2 heterocycles. The summed E-state index contributed by atoms with van der Waals surface area (Å²) in [6.45, 7) is 8.86. The molecule has 0 fully saturated rings. The molecule has 0 aliphatic rings. The zero-order chi connectivity index (χ0) is 17.1. The lowest BCUT2D eigenvalue weighted by Crippen LogP contribution is -1.85. The molecule has 26 heavy (non-hydrogen) atoms. The fourth-order valence-electron chi connectivity index (χ4n) is 2.86. The third-order valence-electron chi connectivity index (χ3n) is 4.49. The summed E-state index contributed by atoms with van der Waals surface area (Å²) < 4.78 is 0. The maximum absolute atomic E-state index is 3.21. The van der Waals surface area contributed by atoms with Crippen molar-refractivity contribution in [2.24, 2.45) is 0 Å². The van der Waals surface area contributed by atoms with Crippen molar-refractivity contribution >= 4 is 21.8 Å². The zero-order valence-corrected chi connectivity index (χ0v) is 14.9. The van der Waals surface area contributed by atoms with Crippen LogP contribution in [0.25, 0.3) is 21.8 Å². The number of benzene rings is 2. The quantitative estimate of drug-likeness (QED) is 0.369. The molecule has 0 radical (unpaired) electrons. The minimum atomic E-state index is 0. The van der Waals surface area contributed by atoms with Gasteiger partial charge in [0, 0.05) is 23.4 Å². The van der Waals surface area contributed by atoms with Crippen LogP contribution in [0.15, 0.2) is 60.9 Å². The predicted octanol–water partition coefficient (Wildman–Crippen LogP) is 7.85. The third-order valence-corrected chi connectivity index (χ3v) is 4.49. The number of fused-ring (bicyclic) bond motifs is 2. The molecule has 0 bridgehead atoms. The molecule has 4 rings (SSSR count). The minimum absolute atomic E-state index is 0. The Bertz CT molecular complexity index is 847. The molecule has 140 valence electrons. The molecule has 0 unspecified atom stereocenters. The van der Waals surface area contributed by atoms with Gasteiger partial charge in [-0.25, -0.2) is 0 Å². The second-order valence-corrected chi connectivity index (χ2v) is 6.96. The van der Waals surface area contributed by atoms with Gasteiger partial charge in [0.2, 0.25) is 0 Å². The molecule has 0 saturated heterocycles. The van der Waals surface area contributed by atoms with Gasteiger partial charge in [-0.2, -0.15) is 0 Å². The van der Waals surface area contributed by atoms with E-state index in [0.717, 1.165) is 0 Å². The van der Waals surface area contributed by atoms with Gasteiger partial charge in [-0.05, 0) is 64.1 Å². The van der Waals surface area contributed by atoms with Crippen LogP contribution >= 0.6 is 0 Å². The first-order valence-electron chi connectivity index (χ1n) is 8.68. The molecule has 0 aliphatic heterocycles. The van der Waals surface area contributed by atoms with Crippen LogP contribution < -0.4 is 0 Å². The SMILES string of the molecule is C.C.CC(C)c1ccc2[nH]ccc2c1.CC(C)c1ccc2cc[nH]c2c1. The van der Waals surface area contributed by atoms with Crippen LogP contribution in [0, 0.1) is 0 Å². The van der Waals surface area contributed by atoms with Gasteiger partial charge < -0.3 is 9.97 Å². The predicted molar refractivity (Wildman–Crippen MR) is 118 cm³/mol. The number of rotatable bonds is 2. The summed E-state index contributed by atoms with van der Waals surface area (Å²) in [5.41, 5.74) is 5.26. The van der Waals surface area contributed by atoms with Crippen molar-refractivity contribution in [1.29, 1.82) is 0 Å². The van der Waals surface area contributed by atoms with E-state index in [9.17, 15) is 0 Å². The molecule has 0 saturated carbocycles. The largest absolute Gasteiger partial charge is 0.361 e. The minimum Gasteiger partial charge on any atom is -0.361 e. The van der Waals surface area contributed by atoms with Crippen molar-refractivity contribution in [2.45, 2.75) is 54.4 Å². The second-order valence-electron chi connectivity index (χ2n) is 6.96. The molecule has 4 aromatic rings. The molecule has 0 atom stereocenters. The normalized spacial score (nSPS) is 10.4. The van der Waals surface area contributed by atoms with Crippen molar-refractivity contribution in [3.63, 3.8) is 0 Å². The van der Waals surface area contributed by atoms with Crippen LogP contribution in [0.4, 0.5) is 0 Å². The van der Waals surface area contributed by atoms with Crippen molar-refractivity contribution in [2.75, 3.05) is 0 Å². The van der Waals surface area contributed by atoms with Crippen molar-refractivity contribution in [1.82, 2.24) is 9.97 Å².